The summed E-state index contributed by atoms with van der Waals surface area (Å²) in [5, 5.41) is 0. The highest BCUT2D eigenvalue weighted by molar-refractivity contribution is 5.56. The van der Waals surface area contributed by atoms with Crippen LogP contribution in [0.4, 0.5) is 0 Å². The first kappa shape index (κ1) is 15.6. The zero-order chi connectivity index (χ0) is 14.4. The summed E-state index contributed by atoms with van der Waals surface area (Å²) in [7, 11) is 4.73. The van der Waals surface area contributed by atoms with Gasteiger partial charge < -0.3 is 24.7 Å². The molecular weight excluding hydrogens is 246 g/mol. The Morgan fingerprint density at radius 1 is 1.00 bits per heavy atom. The van der Waals surface area contributed by atoms with Crippen molar-refractivity contribution in [2.75, 3.05) is 27.9 Å². The fourth-order valence-electron chi connectivity index (χ4n) is 1.80. The van der Waals surface area contributed by atoms with Crippen LogP contribution in [-0.2, 0) is 4.74 Å². The zero-order valence-electron chi connectivity index (χ0n) is 12.2. The molecule has 1 aromatic carbocycles. The molecule has 5 heteroatoms. The summed E-state index contributed by atoms with van der Waals surface area (Å²) in [5.41, 5.74) is 6.97. The molecule has 108 valence electrons. The molecule has 0 amide bonds. The average molecular weight is 269 g/mol. The van der Waals surface area contributed by atoms with Crippen LogP contribution in [0.25, 0.3) is 0 Å². The molecule has 1 unspecified atom stereocenters. The lowest BCUT2D eigenvalue weighted by molar-refractivity contribution is 0.0678. The second-order valence-electron chi connectivity index (χ2n) is 4.41. The summed E-state index contributed by atoms with van der Waals surface area (Å²) in [4.78, 5) is 0. The van der Waals surface area contributed by atoms with Crippen molar-refractivity contribution in [3.63, 3.8) is 0 Å². The van der Waals surface area contributed by atoms with Crippen molar-refractivity contribution in [2.45, 2.75) is 26.0 Å². The van der Waals surface area contributed by atoms with Gasteiger partial charge in [0.05, 0.1) is 40.1 Å². The van der Waals surface area contributed by atoms with Crippen LogP contribution in [0.15, 0.2) is 12.1 Å². The Morgan fingerprint density at radius 2 is 1.63 bits per heavy atom. The molecule has 0 saturated carbocycles. The summed E-state index contributed by atoms with van der Waals surface area (Å²) in [6, 6.07) is 3.40. The van der Waals surface area contributed by atoms with Gasteiger partial charge in [0.1, 0.15) is 0 Å². The van der Waals surface area contributed by atoms with Crippen molar-refractivity contribution in [3.8, 4) is 17.2 Å². The molecule has 1 atom stereocenters. The normalized spacial score (nSPS) is 12.4. The van der Waals surface area contributed by atoms with Crippen LogP contribution >= 0.6 is 0 Å². The van der Waals surface area contributed by atoms with Crippen LogP contribution in [0.3, 0.4) is 0 Å². The molecule has 0 saturated heterocycles. The molecule has 0 radical (unpaired) electrons. The SMILES string of the molecule is COc1ccc(C(N)COC(C)C)c(OC)c1OC. The van der Waals surface area contributed by atoms with Crippen molar-refractivity contribution < 1.29 is 18.9 Å². The minimum absolute atomic E-state index is 0.136. The van der Waals surface area contributed by atoms with Crippen LogP contribution in [0.2, 0.25) is 0 Å². The van der Waals surface area contributed by atoms with Gasteiger partial charge in [-0.15, -0.1) is 0 Å². The molecule has 0 bridgehead atoms. The smallest absolute Gasteiger partial charge is 0.203 e. The Balaban J connectivity index is 3.06. The molecule has 0 aliphatic heterocycles. The molecule has 19 heavy (non-hydrogen) atoms. The molecule has 1 rings (SSSR count). The van der Waals surface area contributed by atoms with Crippen LogP contribution in [0, 0.1) is 0 Å². The lowest BCUT2D eigenvalue weighted by atomic mass is 10.1. The third-order valence-corrected chi connectivity index (χ3v) is 2.74. The average Bonchev–Trinajstić information content (AvgIpc) is 2.42. The van der Waals surface area contributed by atoms with E-state index in [9.17, 15) is 0 Å². The highest BCUT2D eigenvalue weighted by Crippen LogP contribution is 2.41. The second kappa shape index (κ2) is 7.21. The Bertz CT molecular complexity index is 407. The van der Waals surface area contributed by atoms with Gasteiger partial charge in [0.25, 0.3) is 0 Å². The summed E-state index contributed by atoms with van der Waals surface area (Å²) in [6.07, 6.45) is 0.136. The number of ether oxygens (including phenoxy) is 4. The predicted octanol–water partition coefficient (Wildman–Crippen LogP) is 2.14. The number of hydrogen-bond acceptors (Lipinski definition) is 5. The summed E-state index contributed by atoms with van der Waals surface area (Å²) in [5.74, 6) is 1.74. The van der Waals surface area contributed by atoms with E-state index in [-0.39, 0.29) is 12.1 Å². The molecule has 0 fully saturated rings. The third kappa shape index (κ3) is 3.75. The summed E-state index contributed by atoms with van der Waals surface area (Å²) < 4.78 is 21.5. The van der Waals surface area contributed by atoms with Crippen LogP contribution in [-0.4, -0.2) is 34.0 Å². The van der Waals surface area contributed by atoms with E-state index in [0.29, 0.717) is 23.9 Å². The molecular formula is C14H23NO4. The van der Waals surface area contributed by atoms with Crippen molar-refractivity contribution >= 4 is 0 Å². The van der Waals surface area contributed by atoms with Gasteiger partial charge in [-0.05, 0) is 26.0 Å². The van der Waals surface area contributed by atoms with Crippen molar-refractivity contribution in [1.29, 1.82) is 0 Å². The lowest BCUT2D eigenvalue weighted by Crippen LogP contribution is -2.20. The number of rotatable bonds is 7. The molecule has 0 aromatic heterocycles. The van der Waals surface area contributed by atoms with Gasteiger partial charge in [-0.1, -0.05) is 0 Å². The van der Waals surface area contributed by atoms with Crippen molar-refractivity contribution in [3.05, 3.63) is 17.7 Å². The van der Waals surface area contributed by atoms with E-state index < -0.39 is 0 Å². The second-order valence-corrected chi connectivity index (χ2v) is 4.41. The monoisotopic (exact) mass is 269 g/mol. The number of methoxy groups -OCH3 is 3. The molecule has 0 aliphatic rings. The van der Waals surface area contributed by atoms with E-state index in [1.54, 1.807) is 21.3 Å². The van der Waals surface area contributed by atoms with Gasteiger partial charge in [-0.25, -0.2) is 0 Å². The van der Waals surface area contributed by atoms with Crippen LogP contribution in [0.1, 0.15) is 25.5 Å². The Morgan fingerprint density at radius 3 is 2.11 bits per heavy atom. The minimum atomic E-state index is -0.280. The summed E-state index contributed by atoms with van der Waals surface area (Å²) >= 11 is 0. The maximum Gasteiger partial charge on any atom is 0.203 e. The topological polar surface area (TPSA) is 62.9 Å². The zero-order valence-corrected chi connectivity index (χ0v) is 12.2. The van der Waals surface area contributed by atoms with Gasteiger partial charge in [0, 0.05) is 5.56 Å². The van der Waals surface area contributed by atoms with E-state index in [1.165, 1.54) is 0 Å². The molecule has 0 spiro atoms. The summed E-state index contributed by atoms with van der Waals surface area (Å²) in [6.45, 7) is 4.36. The largest absolute Gasteiger partial charge is 0.493 e. The van der Waals surface area contributed by atoms with Gasteiger partial charge in [0.15, 0.2) is 11.5 Å². The van der Waals surface area contributed by atoms with Gasteiger partial charge in [-0.3, -0.25) is 0 Å². The van der Waals surface area contributed by atoms with Gasteiger partial charge in [0.2, 0.25) is 5.75 Å². The molecule has 5 nitrogen and oxygen atoms in total. The Hall–Kier alpha value is -1.46. The predicted molar refractivity (Wildman–Crippen MR) is 74.1 cm³/mol. The quantitative estimate of drug-likeness (QED) is 0.821. The lowest BCUT2D eigenvalue weighted by Gasteiger charge is -2.20. The fraction of sp³-hybridized carbons (Fsp3) is 0.571. The Labute approximate surface area is 114 Å². The first-order valence-corrected chi connectivity index (χ1v) is 6.21. The van der Waals surface area contributed by atoms with Crippen LogP contribution < -0.4 is 19.9 Å². The highest BCUT2D eigenvalue weighted by atomic mass is 16.5. The minimum Gasteiger partial charge on any atom is -0.493 e. The fourth-order valence-corrected chi connectivity index (χ4v) is 1.80. The standard InChI is InChI=1S/C14H23NO4/c1-9(2)19-8-11(15)10-6-7-12(16-3)14(18-5)13(10)17-4/h6-7,9,11H,8,15H2,1-5H3. The van der Waals surface area contributed by atoms with E-state index in [0.717, 1.165) is 5.56 Å². The Kier molecular flexibility index (Phi) is 5.92. The number of nitrogens with two attached hydrogens (primary N) is 1. The highest BCUT2D eigenvalue weighted by Gasteiger charge is 2.20. The molecule has 0 heterocycles. The maximum absolute atomic E-state index is 6.13. The van der Waals surface area contributed by atoms with E-state index in [4.69, 9.17) is 24.7 Å². The number of hydrogen-bond donors (Lipinski definition) is 1. The van der Waals surface area contributed by atoms with E-state index in [1.807, 2.05) is 26.0 Å². The van der Waals surface area contributed by atoms with Crippen LogP contribution in [0.5, 0.6) is 17.2 Å². The molecule has 1 aromatic rings. The maximum atomic E-state index is 6.13. The first-order valence-electron chi connectivity index (χ1n) is 6.21. The molecule has 0 aliphatic carbocycles. The third-order valence-electron chi connectivity index (χ3n) is 2.74. The van der Waals surface area contributed by atoms with Crippen molar-refractivity contribution in [2.24, 2.45) is 5.73 Å². The molecule has 2 N–H and O–H groups in total. The van der Waals surface area contributed by atoms with E-state index in [2.05, 4.69) is 0 Å². The number of benzene rings is 1. The first-order chi connectivity index (χ1) is 9.04. The van der Waals surface area contributed by atoms with Crippen molar-refractivity contribution in [1.82, 2.24) is 0 Å². The van der Waals surface area contributed by atoms with Gasteiger partial charge >= 0.3 is 0 Å². The van der Waals surface area contributed by atoms with E-state index >= 15 is 0 Å². The van der Waals surface area contributed by atoms with Gasteiger partial charge in [-0.2, -0.15) is 0 Å².